The SMILES string of the molecule is Cc1cccc2c1CCC(=O)C1CCC(C)C21. The lowest BCUT2D eigenvalue weighted by Gasteiger charge is -2.22. The van der Waals surface area contributed by atoms with Gasteiger partial charge in [0.25, 0.3) is 0 Å². The van der Waals surface area contributed by atoms with Crippen molar-refractivity contribution in [3.63, 3.8) is 0 Å². The Labute approximate surface area is 103 Å². The molecule has 0 amide bonds. The molecule has 1 heteroatoms. The van der Waals surface area contributed by atoms with Crippen LogP contribution in [0.25, 0.3) is 0 Å². The van der Waals surface area contributed by atoms with Crippen LogP contribution in [0, 0.1) is 18.8 Å². The van der Waals surface area contributed by atoms with Crippen LogP contribution >= 0.6 is 0 Å². The third kappa shape index (κ3) is 1.64. The number of carbonyl (C=O) groups excluding carboxylic acids is 1. The van der Waals surface area contributed by atoms with Crippen molar-refractivity contribution in [1.82, 2.24) is 0 Å². The van der Waals surface area contributed by atoms with Crippen LogP contribution in [0.4, 0.5) is 0 Å². The third-order valence-corrected chi connectivity index (χ3v) is 4.82. The third-order valence-electron chi connectivity index (χ3n) is 4.82. The molecular formula is C16H20O. The number of fused-ring (bicyclic) bond motifs is 3. The molecule has 1 aromatic rings. The quantitative estimate of drug-likeness (QED) is 0.662. The number of aryl methyl sites for hydroxylation is 1. The summed E-state index contributed by atoms with van der Waals surface area (Å²) in [5, 5.41) is 0. The highest BCUT2D eigenvalue weighted by Gasteiger charge is 2.41. The largest absolute Gasteiger partial charge is 0.299 e. The van der Waals surface area contributed by atoms with Gasteiger partial charge in [-0.2, -0.15) is 0 Å². The fourth-order valence-corrected chi connectivity index (χ4v) is 3.90. The zero-order chi connectivity index (χ0) is 12.0. The van der Waals surface area contributed by atoms with Crippen molar-refractivity contribution in [3.8, 4) is 0 Å². The van der Waals surface area contributed by atoms with Crippen LogP contribution in [0.2, 0.25) is 0 Å². The minimum Gasteiger partial charge on any atom is -0.299 e. The van der Waals surface area contributed by atoms with Gasteiger partial charge < -0.3 is 0 Å². The summed E-state index contributed by atoms with van der Waals surface area (Å²) in [6, 6.07) is 6.61. The molecule has 0 saturated heterocycles. The van der Waals surface area contributed by atoms with Crippen LogP contribution in [0.3, 0.4) is 0 Å². The first-order chi connectivity index (χ1) is 8.18. The van der Waals surface area contributed by atoms with E-state index in [4.69, 9.17) is 0 Å². The van der Waals surface area contributed by atoms with E-state index in [9.17, 15) is 4.79 Å². The summed E-state index contributed by atoms with van der Waals surface area (Å²) in [7, 11) is 0. The zero-order valence-corrected chi connectivity index (χ0v) is 10.7. The summed E-state index contributed by atoms with van der Waals surface area (Å²) in [5.74, 6) is 1.99. The highest BCUT2D eigenvalue weighted by molar-refractivity contribution is 5.83. The molecule has 3 rings (SSSR count). The van der Waals surface area contributed by atoms with E-state index in [0.717, 1.165) is 19.3 Å². The van der Waals surface area contributed by atoms with E-state index in [0.29, 0.717) is 23.5 Å². The van der Waals surface area contributed by atoms with E-state index in [-0.39, 0.29) is 0 Å². The number of hydrogen-bond acceptors (Lipinski definition) is 1. The second-order valence-electron chi connectivity index (χ2n) is 5.80. The minimum absolute atomic E-state index is 0.313. The van der Waals surface area contributed by atoms with Gasteiger partial charge >= 0.3 is 0 Å². The number of carbonyl (C=O) groups is 1. The Bertz CT molecular complexity index is 461. The Morgan fingerprint density at radius 1 is 1.18 bits per heavy atom. The molecule has 0 aliphatic heterocycles. The Kier molecular flexibility index (Phi) is 2.57. The van der Waals surface area contributed by atoms with Crippen LogP contribution < -0.4 is 0 Å². The second-order valence-corrected chi connectivity index (χ2v) is 5.80. The van der Waals surface area contributed by atoms with Crippen LogP contribution in [0.15, 0.2) is 18.2 Å². The first kappa shape index (κ1) is 11.0. The summed E-state index contributed by atoms with van der Waals surface area (Å²) in [5.41, 5.74) is 4.31. The van der Waals surface area contributed by atoms with E-state index < -0.39 is 0 Å². The Morgan fingerprint density at radius 3 is 2.82 bits per heavy atom. The van der Waals surface area contributed by atoms with E-state index in [1.807, 2.05) is 0 Å². The van der Waals surface area contributed by atoms with E-state index in [2.05, 4.69) is 32.0 Å². The summed E-state index contributed by atoms with van der Waals surface area (Å²) in [6.07, 6.45) is 4.04. The van der Waals surface area contributed by atoms with Gasteiger partial charge in [0, 0.05) is 12.3 Å². The maximum atomic E-state index is 12.2. The van der Waals surface area contributed by atoms with Crippen LogP contribution in [0.1, 0.15) is 48.8 Å². The first-order valence-corrected chi connectivity index (χ1v) is 6.79. The molecule has 0 bridgehead atoms. The van der Waals surface area contributed by atoms with Gasteiger partial charge in [-0.05, 0) is 54.7 Å². The van der Waals surface area contributed by atoms with Crippen molar-refractivity contribution >= 4 is 5.78 Å². The van der Waals surface area contributed by atoms with E-state index >= 15 is 0 Å². The van der Waals surface area contributed by atoms with Crippen LogP contribution in [0.5, 0.6) is 0 Å². The summed E-state index contributed by atoms with van der Waals surface area (Å²) >= 11 is 0. The average Bonchev–Trinajstić information content (AvgIpc) is 2.61. The lowest BCUT2D eigenvalue weighted by Crippen LogP contribution is -2.18. The first-order valence-electron chi connectivity index (χ1n) is 6.79. The molecule has 90 valence electrons. The lowest BCUT2D eigenvalue weighted by atomic mass is 9.81. The van der Waals surface area contributed by atoms with Crippen molar-refractivity contribution in [2.24, 2.45) is 11.8 Å². The molecule has 1 fully saturated rings. The minimum atomic E-state index is 0.313. The fourth-order valence-electron chi connectivity index (χ4n) is 3.90. The van der Waals surface area contributed by atoms with Gasteiger partial charge in [0.2, 0.25) is 0 Å². The van der Waals surface area contributed by atoms with Gasteiger partial charge in [-0.15, -0.1) is 0 Å². The maximum absolute atomic E-state index is 12.2. The predicted octanol–water partition coefficient (Wildman–Crippen LogP) is 3.64. The normalized spacial score (nSPS) is 31.9. The van der Waals surface area contributed by atoms with Gasteiger partial charge in [-0.1, -0.05) is 25.1 Å². The molecule has 17 heavy (non-hydrogen) atoms. The number of hydrogen-bond donors (Lipinski definition) is 0. The molecule has 3 unspecified atom stereocenters. The summed E-state index contributed by atoms with van der Waals surface area (Å²) < 4.78 is 0. The Morgan fingerprint density at radius 2 is 2.00 bits per heavy atom. The summed E-state index contributed by atoms with van der Waals surface area (Å²) in [6.45, 7) is 4.50. The molecule has 0 N–H and O–H groups in total. The van der Waals surface area contributed by atoms with Crippen molar-refractivity contribution in [1.29, 1.82) is 0 Å². The Balaban J connectivity index is 2.15. The highest BCUT2D eigenvalue weighted by atomic mass is 16.1. The molecule has 0 spiro atoms. The van der Waals surface area contributed by atoms with Crippen molar-refractivity contribution < 1.29 is 4.79 Å². The molecule has 0 radical (unpaired) electrons. The molecule has 0 heterocycles. The highest BCUT2D eigenvalue weighted by Crippen LogP contribution is 2.48. The second kappa shape index (κ2) is 3.97. The summed E-state index contributed by atoms with van der Waals surface area (Å²) in [4.78, 5) is 12.2. The maximum Gasteiger partial charge on any atom is 0.136 e. The predicted molar refractivity (Wildman–Crippen MR) is 69.1 cm³/mol. The molecule has 2 aliphatic carbocycles. The number of benzene rings is 1. The van der Waals surface area contributed by atoms with Gasteiger partial charge in [0.05, 0.1) is 0 Å². The van der Waals surface area contributed by atoms with Gasteiger partial charge in [0.15, 0.2) is 0 Å². The molecule has 0 aromatic heterocycles. The van der Waals surface area contributed by atoms with E-state index in [1.54, 1.807) is 0 Å². The number of rotatable bonds is 0. The van der Waals surface area contributed by atoms with Gasteiger partial charge in [-0.25, -0.2) is 0 Å². The monoisotopic (exact) mass is 228 g/mol. The number of Topliss-reactive ketones (excluding diaryl/α,β-unsaturated/α-hetero) is 1. The van der Waals surface area contributed by atoms with Crippen molar-refractivity contribution in [2.75, 3.05) is 0 Å². The van der Waals surface area contributed by atoms with Gasteiger partial charge in [-0.3, -0.25) is 4.79 Å². The standard InChI is InChI=1S/C16H20O/c1-10-4-3-5-13-12(10)8-9-15(17)14-7-6-11(2)16(13)14/h3-5,11,14,16H,6-9H2,1-2H3. The van der Waals surface area contributed by atoms with E-state index in [1.165, 1.54) is 23.1 Å². The fraction of sp³-hybridized carbons (Fsp3) is 0.562. The lowest BCUT2D eigenvalue weighted by molar-refractivity contribution is -0.123. The van der Waals surface area contributed by atoms with Crippen molar-refractivity contribution in [2.45, 2.75) is 45.4 Å². The molecule has 2 aliphatic rings. The molecule has 1 aromatic carbocycles. The van der Waals surface area contributed by atoms with Crippen molar-refractivity contribution in [3.05, 3.63) is 34.9 Å². The Hall–Kier alpha value is -1.11. The van der Waals surface area contributed by atoms with Crippen LogP contribution in [-0.2, 0) is 11.2 Å². The average molecular weight is 228 g/mol. The molecule has 1 saturated carbocycles. The smallest absolute Gasteiger partial charge is 0.136 e. The van der Waals surface area contributed by atoms with Gasteiger partial charge in [0.1, 0.15) is 5.78 Å². The molecule has 3 atom stereocenters. The molecule has 1 nitrogen and oxygen atoms in total. The zero-order valence-electron chi connectivity index (χ0n) is 10.7. The topological polar surface area (TPSA) is 17.1 Å². The molecular weight excluding hydrogens is 208 g/mol. The van der Waals surface area contributed by atoms with Crippen LogP contribution in [-0.4, -0.2) is 5.78 Å². The number of ketones is 1.